The zero-order valence-electron chi connectivity index (χ0n) is 15.6. The van der Waals surface area contributed by atoms with Crippen molar-refractivity contribution in [3.05, 3.63) is 60.2 Å². The van der Waals surface area contributed by atoms with Crippen LogP contribution in [0.15, 0.2) is 59.5 Å². The van der Waals surface area contributed by atoms with E-state index in [0.29, 0.717) is 31.1 Å². The quantitative estimate of drug-likeness (QED) is 0.791. The summed E-state index contributed by atoms with van der Waals surface area (Å²) < 4.78 is 27.0. The minimum Gasteiger partial charge on any atom is -0.378 e. The van der Waals surface area contributed by atoms with Crippen LogP contribution in [0, 0.1) is 11.3 Å². The van der Waals surface area contributed by atoms with Gasteiger partial charge in [-0.25, -0.2) is 8.42 Å². The molecule has 3 rings (SSSR count). The zero-order valence-corrected chi connectivity index (χ0v) is 16.4. The Hall–Kier alpha value is -2.40. The Balaban J connectivity index is 1.70. The smallest absolute Gasteiger partial charge is 0.243 e. The molecule has 1 fully saturated rings. The molecule has 1 heterocycles. The maximum Gasteiger partial charge on any atom is 0.243 e. The average Bonchev–Trinajstić information content (AvgIpc) is 2.70. The SMILES string of the molecule is CN(C)c1ccc(C(C#N)N2CCN(S(=O)(=O)c3ccccc3)CC2)cc1. The fourth-order valence-corrected chi connectivity index (χ4v) is 4.71. The van der Waals surface area contributed by atoms with Crippen molar-refractivity contribution in [2.24, 2.45) is 0 Å². The molecule has 1 unspecified atom stereocenters. The van der Waals surface area contributed by atoms with Gasteiger partial charge in [-0.3, -0.25) is 4.90 Å². The third kappa shape index (κ3) is 4.14. The van der Waals surface area contributed by atoms with Crippen molar-refractivity contribution >= 4 is 15.7 Å². The summed E-state index contributed by atoms with van der Waals surface area (Å²) in [6, 6.07) is 18.4. The standard InChI is InChI=1S/C20H24N4O2S/c1-22(2)18-10-8-17(9-11-18)20(16-21)23-12-14-24(15-13-23)27(25,26)19-6-4-3-5-7-19/h3-11,20H,12-15H2,1-2H3. The van der Waals surface area contributed by atoms with Crippen LogP contribution < -0.4 is 4.90 Å². The highest BCUT2D eigenvalue weighted by molar-refractivity contribution is 7.89. The van der Waals surface area contributed by atoms with Gasteiger partial charge in [0.1, 0.15) is 6.04 Å². The van der Waals surface area contributed by atoms with E-state index in [0.717, 1.165) is 11.3 Å². The molecule has 2 aromatic rings. The first kappa shape index (κ1) is 19.4. The van der Waals surface area contributed by atoms with Crippen molar-refractivity contribution in [1.82, 2.24) is 9.21 Å². The molecule has 1 aliphatic rings. The predicted molar refractivity (Wildman–Crippen MR) is 106 cm³/mol. The lowest BCUT2D eigenvalue weighted by atomic mass is 10.1. The molecule has 0 amide bonds. The number of hydrogen-bond acceptors (Lipinski definition) is 5. The molecular formula is C20H24N4O2S. The Bertz CT molecular complexity index is 897. The summed E-state index contributed by atoms with van der Waals surface area (Å²) in [7, 11) is 0.471. The topological polar surface area (TPSA) is 67.7 Å². The minimum absolute atomic E-state index is 0.314. The van der Waals surface area contributed by atoms with Crippen LogP contribution in [0.2, 0.25) is 0 Å². The van der Waals surface area contributed by atoms with Crippen LogP contribution in [0.1, 0.15) is 11.6 Å². The lowest BCUT2D eigenvalue weighted by Crippen LogP contribution is -2.49. The second kappa shape index (κ2) is 8.09. The number of nitriles is 1. The van der Waals surface area contributed by atoms with Gasteiger partial charge in [-0.2, -0.15) is 9.57 Å². The molecule has 0 bridgehead atoms. The number of sulfonamides is 1. The van der Waals surface area contributed by atoms with Gasteiger partial charge < -0.3 is 4.90 Å². The van der Waals surface area contributed by atoms with Crippen LogP contribution in [-0.2, 0) is 10.0 Å². The monoisotopic (exact) mass is 384 g/mol. The van der Waals surface area contributed by atoms with Crippen LogP contribution in [-0.4, -0.2) is 57.9 Å². The number of rotatable bonds is 5. The highest BCUT2D eigenvalue weighted by Crippen LogP contribution is 2.25. The van der Waals surface area contributed by atoms with E-state index in [-0.39, 0.29) is 6.04 Å². The van der Waals surface area contributed by atoms with Gasteiger partial charge in [0.05, 0.1) is 11.0 Å². The van der Waals surface area contributed by atoms with Crippen molar-refractivity contribution in [3.63, 3.8) is 0 Å². The van der Waals surface area contributed by atoms with Crippen molar-refractivity contribution < 1.29 is 8.42 Å². The number of benzene rings is 2. The lowest BCUT2D eigenvalue weighted by Gasteiger charge is -2.36. The second-order valence-corrected chi connectivity index (χ2v) is 8.71. The summed E-state index contributed by atoms with van der Waals surface area (Å²) in [5.74, 6) is 0. The van der Waals surface area contributed by atoms with Crippen molar-refractivity contribution in [1.29, 1.82) is 5.26 Å². The third-order valence-corrected chi connectivity index (χ3v) is 6.78. The first-order valence-electron chi connectivity index (χ1n) is 8.89. The Morgan fingerprint density at radius 1 is 0.963 bits per heavy atom. The molecule has 0 radical (unpaired) electrons. The maximum absolute atomic E-state index is 12.7. The molecule has 7 heteroatoms. The van der Waals surface area contributed by atoms with Crippen LogP contribution in [0.4, 0.5) is 5.69 Å². The van der Waals surface area contributed by atoms with Gasteiger partial charge in [0.15, 0.2) is 0 Å². The van der Waals surface area contributed by atoms with Crippen molar-refractivity contribution in [3.8, 4) is 6.07 Å². The van der Waals surface area contributed by atoms with Gasteiger partial charge in [-0.05, 0) is 29.8 Å². The number of anilines is 1. The third-order valence-electron chi connectivity index (χ3n) is 4.87. The minimum atomic E-state index is -3.48. The molecule has 0 aromatic heterocycles. The highest BCUT2D eigenvalue weighted by Gasteiger charge is 2.31. The number of hydrogen-bond donors (Lipinski definition) is 0. The van der Waals surface area contributed by atoms with Crippen LogP contribution >= 0.6 is 0 Å². The molecule has 0 spiro atoms. The summed E-state index contributed by atoms with van der Waals surface area (Å²) in [5, 5.41) is 9.68. The van der Waals surface area contributed by atoms with E-state index in [9.17, 15) is 13.7 Å². The molecule has 0 N–H and O–H groups in total. The summed E-state index contributed by atoms with van der Waals surface area (Å²) in [4.78, 5) is 4.37. The molecule has 2 aromatic carbocycles. The Labute approximate surface area is 161 Å². The molecule has 1 saturated heterocycles. The molecule has 0 aliphatic carbocycles. The van der Waals surface area contributed by atoms with Gasteiger partial charge in [0, 0.05) is 46.0 Å². The molecule has 6 nitrogen and oxygen atoms in total. The molecular weight excluding hydrogens is 360 g/mol. The Morgan fingerprint density at radius 2 is 1.56 bits per heavy atom. The van der Waals surface area contributed by atoms with E-state index >= 15 is 0 Å². The molecule has 27 heavy (non-hydrogen) atoms. The summed E-state index contributed by atoms with van der Waals surface area (Å²) in [5.41, 5.74) is 2.01. The van der Waals surface area contributed by atoms with Crippen LogP contribution in [0.3, 0.4) is 0 Å². The lowest BCUT2D eigenvalue weighted by molar-refractivity contribution is 0.162. The van der Waals surface area contributed by atoms with Crippen LogP contribution in [0.5, 0.6) is 0 Å². The average molecular weight is 385 g/mol. The first-order chi connectivity index (χ1) is 12.9. The zero-order chi connectivity index (χ0) is 19.4. The second-order valence-electron chi connectivity index (χ2n) is 6.77. The number of piperazine rings is 1. The van der Waals surface area contributed by atoms with Gasteiger partial charge in [-0.15, -0.1) is 0 Å². The van der Waals surface area contributed by atoms with Gasteiger partial charge >= 0.3 is 0 Å². The van der Waals surface area contributed by atoms with E-state index in [1.54, 1.807) is 30.3 Å². The number of nitrogens with zero attached hydrogens (tertiary/aromatic N) is 4. The highest BCUT2D eigenvalue weighted by atomic mass is 32.2. The fourth-order valence-electron chi connectivity index (χ4n) is 3.27. The fraction of sp³-hybridized carbons (Fsp3) is 0.350. The van der Waals surface area contributed by atoms with Gasteiger partial charge in [0.2, 0.25) is 10.0 Å². The molecule has 0 saturated carbocycles. The van der Waals surface area contributed by atoms with E-state index in [2.05, 4.69) is 6.07 Å². The van der Waals surface area contributed by atoms with Gasteiger partial charge in [0.25, 0.3) is 0 Å². The Kier molecular flexibility index (Phi) is 5.80. The van der Waals surface area contributed by atoms with Crippen molar-refractivity contribution in [2.45, 2.75) is 10.9 Å². The van der Waals surface area contributed by atoms with E-state index < -0.39 is 10.0 Å². The van der Waals surface area contributed by atoms with E-state index in [4.69, 9.17) is 0 Å². The van der Waals surface area contributed by atoms with E-state index in [1.807, 2.05) is 48.2 Å². The Morgan fingerprint density at radius 3 is 2.07 bits per heavy atom. The molecule has 142 valence electrons. The summed E-state index contributed by atoms with van der Waals surface area (Å²) in [6.45, 7) is 1.82. The largest absolute Gasteiger partial charge is 0.378 e. The summed E-state index contributed by atoms with van der Waals surface area (Å²) >= 11 is 0. The molecule has 1 atom stereocenters. The molecule has 1 aliphatic heterocycles. The van der Waals surface area contributed by atoms with Crippen LogP contribution in [0.25, 0.3) is 0 Å². The van der Waals surface area contributed by atoms with Gasteiger partial charge in [-0.1, -0.05) is 30.3 Å². The summed E-state index contributed by atoms with van der Waals surface area (Å²) in [6.07, 6.45) is 0. The van der Waals surface area contributed by atoms with Crippen molar-refractivity contribution in [2.75, 3.05) is 45.2 Å². The predicted octanol–water partition coefficient (Wildman–Crippen LogP) is 2.32. The maximum atomic E-state index is 12.7. The van der Waals surface area contributed by atoms with E-state index in [1.165, 1.54) is 4.31 Å². The normalized spacial score (nSPS) is 17.2. The first-order valence-corrected chi connectivity index (χ1v) is 10.3.